The highest BCUT2D eigenvalue weighted by Crippen LogP contribution is 2.30. The number of esters is 1. The number of anilines is 1. The third-order valence-corrected chi connectivity index (χ3v) is 2.86. The fraction of sp³-hybridized carbons (Fsp3) is 0.385. The van der Waals surface area contributed by atoms with Crippen LogP contribution < -0.4 is 4.90 Å². The zero-order chi connectivity index (χ0) is 13.1. The Morgan fingerprint density at radius 2 is 2.00 bits per heavy atom. The van der Waals surface area contributed by atoms with Crippen molar-refractivity contribution in [2.45, 2.75) is 19.1 Å². The van der Waals surface area contributed by atoms with Crippen molar-refractivity contribution in [2.24, 2.45) is 0 Å². The second-order valence-electron chi connectivity index (χ2n) is 3.90. The van der Waals surface area contributed by atoms with Crippen LogP contribution in [-0.4, -0.2) is 37.7 Å². The molecule has 0 spiro atoms. The van der Waals surface area contributed by atoms with Gasteiger partial charge in [0.15, 0.2) is 12.1 Å². The van der Waals surface area contributed by atoms with Gasteiger partial charge in [-0.1, -0.05) is 18.2 Å². The van der Waals surface area contributed by atoms with Gasteiger partial charge >= 0.3 is 5.97 Å². The lowest BCUT2D eigenvalue weighted by atomic mass is 9.96. The minimum atomic E-state index is -0.746. The van der Waals surface area contributed by atoms with Crippen LogP contribution in [0.3, 0.4) is 0 Å². The third-order valence-electron chi connectivity index (χ3n) is 2.86. The van der Waals surface area contributed by atoms with Crippen LogP contribution in [0.1, 0.15) is 6.92 Å². The third kappa shape index (κ3) is 1.97. The van der Waals surface area contributed by atoms with Gasteiger partial charge in [-0.2, -0.15) is 0 Å². The number of ether oxygens (including phenoxy) is 2. The van der Waals surface area contributed by atoms with Crippen LogP contribution >= 0.6 is 0 Å². The Bertz CT molecular complexity index is 446. The van der Waals surface area contributed by atoms with Gasteiger partial charge in [-0.15, -0.1) is 0 Å². The lowest BCUT2D eigenvalue weighted by molar-refractivity contribution is -0.160. The first kappa shape index (κ1) is 12.6. The summed E-state index contributed by atoms with van der Waals surface area (Å²) < 4.78 is 10.0. The number of nitrogens with zero attached hydrogens (tertiary/aromatic N) is 1. The van der Waals surface area contributed by atoms with Crippen LogP contribution in [-0.2, 0) is 19.1 Å². The maximum absolute atomic E-state index is 11.9. The second-order valence-corrected chi connectivity index (χ2v) is 3.90. The van der Waals surface area contributed by atoms with Crippen molar-refractivity contribution in [1.82, 2.24) is 0 Å². The monoisotopic (exact) mass is 249 g/mol. The zero-order valence-electron chi connectivity index (χ0n) is 10.3. The number of rotatable bonds is 4. The summed E-state index contributed by atoms with van der Waals surface area (Å²) >= 11 is 0. The van der Waals surface area contributed by atoms with E-state index in [0.29, 0.717) is 5.69 Å². The van der Waals surface area contributed by atoms with Gasteiger partial charge in [0.05, 0.1) is 6.61 Å². The van der Waals surface area contributed by atoms with E-state index in [1.807, 2.05) is 18.2 Å². The summed E-state index contributed by atoms with van der Waals surface area (Å²) in [5, 5.41) is 0. The number of hydrogen-bond acceptors (Lipinski definition) is 4. The van der Waals surface area contributed by atoms with E-state index in [1.165, 1.54) is 12.0 Å². The number of methoxy groups -OCH3 is 1. The molecule has 2 atom stereocenters. The highest BCUT2D eigenvalue weighted by molar-refractivity contribution is 6.12. The smallest absolute Gasteiger partial charge is 0.332 e. The molecule has 1 aliphatic heterocycles. The highest BCUT2D eigenvalue weighted by Gasteiger charge is 2.53. The molecule has 18 heavy (non-hydrogen) atoms. The number of hydrogen-bond donors (Lipinski definition) is 0. The highest BCUT2D eigenvalue weighted by atomic mass is 16.5. The molecule has 0 N–H and O–H groups in total. The second kappa shape index (κ2) is 5.18. The molecule has 1 heterocycles. The molecule has 0 radical (unpaired) electrons. The van der Waals surface area contributed by atoms with Crippen LogP contribution in [0.4, 0.5) is 5.69 Å². The Labute approximate surface area is 105 Å². The molecule has 2 rings (SSSR count). The Hall–Kier alpha value is -1.88. The Kier molecular flexibility index (Phi) is 3.62. The summed E-state index contributed by atoms with van der Waals surface area (Å²) in [4.78, 5) is 25.1. The molecule has 0 bridgehead atoms. The van der Waals surface area contributed by atoms with Gasteiger partial charge < -0.3 is 9.47 Å². The van der Waals surface area contributed by atoms with Gasteiger partial charge in [-0.25, -0.2) is 4.79 Å². The topological polar surface area (TPSA) is 55.8 Å². The summed E-state index contributed by atoms with van der Waals surface area (Å²) in [6, 6.07) is 8.33. The molecule has 5 nitrogen and oxygen atoms in total. The van der Waals surface area contributed by atoms with Crippen molar-refractivity contribution in [3.05, 3.63) is 30.3 Å². The van der Waals surface area contributed by atoms with E-state index in [4.69, 9.17) is 9.47 Å². The summed E-state index contributed by atoms with van der Waals surface area (Å²) in [6.07, 6.45) is -0.746. The molecule has 1 aliphatic rings. The maximum atomic E-state index is 11.9. The van der Waals surface area contributed by atoms with Crippen molar-refractivity contribution in [1.29, 1.82) is 0 Å². The van der Waals surface area contributed by atoms with Crippen molar-refractivity contribution in [2.75, 3.05) is 18.6 Å². The van der Waals surface area contributed by atoms with Gasteiger partial charge in [0.25, 0.3) is 5.91 Å². The van der Waals surface area contributed by atoms with Crippen LogP contribution in [0.5, 0.6) is 0 Å². The van der Waals surface area contributed by atoms with E-state index < -0.39 is 18.1 Å². The predicted molar refractivity (Wildman–Crippen MR) is 65.1 cm³/mol. The fourth-order valence-corrected chi connectivity index (χ4v) is 2.03. The van der Waals surface area contributed by atoms with Gasteiger partial charge in [0.1, 0.15) is 0 Å². The van der Waals surface area contributed by atoms with Crippen LogP contribution in [0.15, 0.2) is 30.3 Å². The minimum Gasteiger partial charge on any atom is -0.464 e. The number of carbonyl (C=O) groups is 2. The van der Waals surface area contributed by atoms with E-state index in [2.05, 4.69) is 0 Å². The summed E-state index contributed by atoms with van der Waals surface area (Å²) in [6.45, 7) is 2.01. The number of benzene rings is 1. The maximum Gasteiger partial charge on any atom is 0.332 e. The summed E-state index contributed by atoms with van der Waals surface area (Å²) in [5.74, 6) is -0.658. The molecule has 0 aliphatic carbocycles. The quantitative estimate of drug-likeness (QED) is 0.589. The normalized spacial score (nSPS) is 22.6. The fourth-order valence-electron chi connectivity index (χ4n) is 2.03. The first-order chi connectivity index (χ1) is 8.70. The van der Waals surface area contributed by atoms with Gasteiger partial charge in [0, 0.05) is 12.8 Å². The van der Waals surface area contributed by atoms with Crippen molar-refractivity contribution in [3.63, 3.8) is 0 Å². The number of para-hydroxylation sites is 1. The van der Waals surface area contributed by atoms with Crippen LogP contribution in [0.25, 0.3) is 0 Å². The van der Waals surface area contributed by atoms with E-state index in [0.717, 1.165) is 0 Å². The lowest BCUT2D eigenvalue weighted by Gasteiger charge is -2.44. The first-order valence-corrected chi connectivity index (χ1v) is 5.78. The molecule has 1 aromatic rings. The molecule has 0 aromatic heterocycles. The molecule has 1 saturated heterocycles. The van der Waals surface area contributed by atoms with Crippen molar-refractivity contribution in [3.8, 4) is 0 Å². The Balaban J connectivity index is 2.24. The summed E-state index contributed by atoms with van der Waals surface area (Å²) in [7, 11) is 1.41. The zero-order valence-corrected chi connectivity index (χ0v) is 10.3. The van der Waals surface area contributed by atoms with Crippen molar-refractivity contribution < 1.29 is 19.1 Å². The molecule has 0 unspecified atom stereocenters. The molecule has 1 amide bonds. The van der Waals surface area contributed by atoms with Gasteiger partial charge in [-0.3, -0.25) is 9.69 Å². The van der Waals surface area contributed by atoms with Crippen LogP contribution in [0.2, 0.25) is 0 Å². The van der Waals surface area contributed by atoms with Gasteiger partial charge in [-0.05, 0) is 19.1 Å². The number of β-lactam (4-membered cyclic amide) rings is 1. The molecule has 96 valence electrons. The largest absolute Gasteiger partial charge is 0.464 e. The predicted octanol–water partition coefficient (Wildman–Crippen LogP) is 0.980. The van der Waals surface area contributed by atoms with Crippen molar-refractivity contribution >= 4 is 17.6 Å². The average Bonchev–Trinajstić information content (AvgIpc) is 2.38. The average molecular weight is 249 g/mol. The standard InChI is InChI=1S/C13H15NO4/c1-3-18-13(16)10-11(17-2)12(15)14(10)9-7-5-4-6-8-9/h4-8,10-11H,3H2,1-2H3/t10-,11-/m1/s1. The molecular formula is C13H15NO4. The van der Waals surface area contributed by atoms with E-state index >= 15 is 0 Å². The Morgan fingerprint density at radius 1 is 1.33 bits per heavy atom. The summed E-state index contributed by atoms with van der Waals surface area (Å²) in [5.41, 5.74) is 0.675. The lowest BCUT2D eigenvalue weighted by Crippen LogP contribution is -2.69. The SMILES string of the molecule is CCOC(=O)[C@H]1[C@@H](OC)C(=O)N1c1ccccc1. The van der Waals surface area contributed by atoms with E-state index in [-0.39, 0.29) is 12.5 Å². The van der Waals surface area contributed by atoms with Gasteiger partial charge in [0.2, 0.25) is 0 Å². The Morgan fingerprint density at radius 3 is 2.56 bits per heavy atom. The molecular weight excluding hydrogens is 234 g/mol. The molecule has 0 saturated carbocycles. The van der Waals surface area contributed by atoms with Crippen LogP contribution in [0, 0.1) is 0 Å². The number of carbonyl (C=O) groups excluding carboxylic acids is 2. The van der Waals surface area contributed by atoms with E-state index in [1.54, 1.807) is 19.1 Å². The molecule has 1 fully saturated rings. The molecule has 5 heteroatoms. The first-order valence-electron chi connectivity index (χ1n) is 5.78. The minimum absolute atomic E-state index is 0.221. The number of amides is 1. The van der Waals surface area contributed by atoms with E-state index in [9.17, 15) is 9.59 Å². The molecule has 1 aromatic carbocycles.